The van der Waals surface area contributed by atoms with Crippen molar-refractivity contribution in [1.82, 2.24) is 5.32 Å². The van der Waals surface area contributed by atoms with E-state index in [1.165, 1.54) is 13.0 Å². The second kappa shape index (κ2) is 8.95. The molecular weight excluding hydrogens is 322 g/mol. The van der Waals surface area contributed by atoms with Gasteiger partial charge >= 0.3 is 5.97 Å². The molecule has 1 rings (SSSR count). The Bertz CT molecular complexity index is 602. The van der Waals surface area contributed by atoms with E-state index < -0.39 is 53.4 Å². The molecule has 0 heterocycles. The maximum atomic E-state index is 13.5. The van der Waals surface area contributed by atoms with E-state index in [0.717, 1.165) is 12.1 Å². The third-order valence-electron chi connectivity index (χ3n) is 3.36. The summed E-state index contributed by atoms with van der Waals surface area (Å²) in [4.78, 5) is 35.0. The van der Waals surface area contributed by atoms with Crippen LogP contribution in [0.1, 0.15) is 25.8 Å². The Hall–Kier alpha value is -2.51. The van der Waals surface area contributed by atoms with Gasteiger partial charge in [0.25, 0.3) is 0 Å². The summed E-state index contributed by atoms with van der Waals surface area (Å²) in [7, 11) is 0. The van der Waals surface area contributed by atoms with Crippen molar-refractivity contribution in [3.63, 3.8) is 0 Å². The summed E-state index contributed by atoms with van der Waals surface area (Å²) in [5.74, 6) is -4.56. The number of amides is 2. The second-order valence-electron chi connectivity index (χ2n) is 5.29. The number of benzene rings is 1. The van der Waals surface area contributed by atoms with E-state index >= 15 is 0 Å². The van der Waals surface area contributed by atoms with Crippen molar-refractivity contribution in [1.29, 1.82) is 0 Å². The monoisotopic (exact) mass is 342 g/mol. The topological polar surface area (TPSA) is 98.5 Å². The minimum atomic E-state index is -1.15. The number of hydrogen-bond acceptors (Lipinski definition) is 4. The Labute approximate surface area is 138 Å². The van der Waals surface area contributed by atoms with Gasteiger partial charge < -0.3 is 15.8 Å². The van der Waals surface area contributed by atoms with Crippen molar-refractivity contribution in [3.8, 4) is 0 Å². The molecule has 0 aliphatic carbocycles. The first kappa shape index (κ1) is 19.5. The highest BCUT2D eigenvalue weighted by atomic mass is 19.1. The van der Waals surface area contributed by atoms with Crippen molar-refractivity contribution in [3.05, 3.63) is 35.4 Å². The average molecular weight is 342 g/mol. The van der Waals surface area contributed by atoms with Crippen LogP contribution in [0.25, 0.3) is 0 Å². The largest absolute Gasteiger partial charge is 0.466 e. The van der Waals surface area contributed by atoms with Gasteiger partial charge in [-0.1, -0.05) is 13.0 Å². The number of carbonyl (C=O) groups is 3. The summed E-state index contributed by atoms with van der Waals surface area (Å²) in [5, 5.41) is 2.29. The lowest BCUT2D eigenvalue weighted by molar-refractivity contribution is -0.148. The molecule has 0 fully saturated rings. The molecule has 24 heavy (non-hydrogen) atoms. The first-order valence-corrected chi connectivity index (χ1v) is 7.44. The Morgan fingerprint density at radius 2 is 1.83 bits per heavy atom. The van der Waals surface area contributed by atoms with Crippen molar-refractivity contribution in [2.75, 3.05) is 6.61 Å². The van der Waals surface area contributed by atoms with Crippen LogP contribution in [0.5, 0.6) is 0 Å². The summed E-state index contributed by atoms with van der Waals surface area (Å²) in [5.41, 5.74) is 4.80. The number of halogens is 2. The highest BCUT2D eigenvalue weighted by molar-refractivity contribution is 5.88. The maximum Gasteiger partial charge on any atom is 0.308 e. The molecule has 1 aromatic rings. The lowest BCUT2D eigenvalue weighted by atomic mass is 10.0. The van der Waals surface area contributed by atoms with Gasteiger partial charge in [-0.25, -0.2) is 8.78 Å². The quantitative estimate of drug-likeness (QED) is 0.690. The fourth-order valence-corrected chi connectivity index (χ4v) is 2.09. The van der Waals surface area contributed by atoms with Gasteiger partial charge in [-0.2, -0.15) is 0 Å². The van der Waals surface area contributed by atoms with E-state index in [4.69, 9.17) is 10.5 Å². The smallest absolute Gasteiger partial charge is 0.308 e. The average Bonchev–Trinajstić information content (AvgIpc) is 2.50. The SMILES string of the molecule is CCOC(=O)[C@H](C)C[C@H](NC(=O)Cc1c(F)cccc1F)C(N)=O. The second-order valence-corrected chi connectivity index (χ2v) is 5.29. The van der Waals surface area contributed by atoms with Crippen LogP contribution in [0.2, 0.25) is 0 Å². The third kappa shape index (κ3) is 5.60. The molecule has 0 unspecified atom stereocenters. The molecule has 132 valence electrons. The lowest BCUT2D eigenvalue weighted by Gasteiger charge is -2.19. The van der Waals surface area contributed by atoms with Gasteiger partial charge in [-0.15, -0.1) is 0 Å². The molecule has 1 aromatic carbocycles. The zero-order valence-electron chi connectivity index (χ0n) is 13.5. The van der Waals surface area contributed by atoms with Crippen LogP contribution in [0.3, 0.4) is 0 Å². The summed E-state index contributed by atoms with van der Waals surface area (Å²) in [6.07, 6.45) is -0.657. The van der Waals surface area contributed by atoms with E-state index in [0.29, 0.717) is 0 Å². The Kier molecular flexibility index (Phi) is 7.29. The van der Waals surface area contributed by atoms with Crippen LogP contribution in [0, 0.1) is 17.6 Å². The molecule has 6 nitrogen and oxygen atoms in total. The van der Waals surface area contributed by atoms with E-state index in [1.54, 1.807) is 6.92 Å². The van der Waals surface area contributed by atoms with Gasteiger partial charge in [0.2, 0.25) is 11.8 Å². The Morgan fingerprint density at radius 1 is 1.25 bits per heavy atom. The van der Waals surface area contributed by atoms with Gasteiger partial charge in [-0.3, -0.25) is 14.4 Å². The number of nitrogens with one attached hydrogen (secondary N) is 1. The summed E-state index contributed by atoms with van der Waals surface area (Å²) >= 11 is 0. The van der Waals surface area contributed by atoms with Gasteiger partial charge in [0.15, 0.2) is 0 Å². The molecule has 0 spiro atoms. The van der Waals surface area contributed by atoms with Gasteiger partial charge in [0.05, 0.1) is 18.9 Å². The third-order valence-corrected chi connectivity index (χ3v) is 3.36. The molecule has 0 saturated carbocycles. The van der Waals surface area contributed by atoms with Crippen LogP contribution >= 0.6 is 0 Å². The molecule has 3 N–H and O–H groups in total. The fourth-order valence-electron chi connectivity index (χ4n) is 2.09. The number of hydrogen-bond donors (Lipinski definition) is 2. The number of esters is 1. The van der Waals surface area contributed by atoms with Crippen LogP contribution in [0.15, 0.2) is 18.2 Å². The van der Waals surface area contributed by atoms with E-state index in [-0.39, 0.29) is 13.0 Å². The normalized spacial score (nSPS) is 13.0. The molecule has 0 aliphatic rings. The number of primary amides is 1. The van der Waals surface area contributed by atoms with Crippen LogP contribution < -0.4 is 11.1 Å². The maximum absolute atomic E-state index is 13.5. The fraction of sp³-hybridized carbons (Fsp3) is 0.438. The first-order valence-electron chi connectivity index (χ1n) is 7.44. The van der Waals surface area contributed by atoms with E-state index in [2.05, 4.69) is 5.32 Å². The summed E-state index contributed by atoms with van der Waals surface area (Å²) in [6.45, 7) is 3.35. The molecular formula is C16H20F2N2O4. The van der Waals surface area contributed by atoms with Crippen molar-refractivity contribution >= 4 is 17.8 Å². The molecule has 0 saturated heterocycles. The van der Waals surface area contributed by atoms with E-state index in [1.807, 2.05) is 0 Å². The van der Waals surface area contributed by atoms with Crippen molar-refractivity contribution < 1.29 is 27.9 Å². The van der Waals surface area contributed by atoms with Gasteiger partial charge in [-0.05, 0) is 25.5 Å². The Morgan fingerprint density at radius 3 is 2.33 bits per heavy atom. The molecule has 2 amide bonds. The summed E-state index contributed by atoms with van der Waals surface area (Å²) < 4.78 is 31.9. The number of carbonyl (C=O) groups excluding carboxylic acids is 3. The molecule has 0 radical (unpaired) electrons. The van der Waals surface area contributed by atoms with Crippen molar-refractivity contribution in [2.24, 2.45) is 11.7 Å². The highest BCUT2D eigenvalue weighted by Crippen LogP contribution is 2.13. The standard InChI is InChI=1S/C16H20F2N2O4/c1-3-24-16(23)9(2)7-13(15(19)22)20-14(21)8-10-11(17)5-4-6-12(10)18/h4-6,9,13H,3,7-8H2,1-2H3,(H2,19,22)(H,20,21)/t9-,13+/m1/s1. The molecule has 0 bridgehead atoms. The van der Waals surface area contributed by atoms with Crippen LogP contribution in [0.4, 0.5) is 8.78 Å². The summed E-state index contributed by atoms with van der Waals surface area (Å²) in [6, 6.07) is 2.09. The number of rotatable bonds is 8. The van der Waals surface area contributed by atoms with Gasteiger partial charge in [0, 0.05) is 5.56 Å². The number of ether oxygens (including phenoxy) is 1. The molecule has 0 aliphatic heterocycles. The number of nitrogens with two attached hydrogens (primary N) is 1. The van der Waals surface area contributed by atoms with E-state index in [9.17, 15) is 23.2 Å². The van der Waals surface area contributed by atoms with Gasteiger partial charge in [0.1, 0.15) is 17.7 Å². The molecule has 8 heteroatoms. The first-order chi connectivity index (χ1) is 11.3. The Balaban J connectivity index is 2.73. The minimum absolute atomic E-state index is 0.0698. The van der Waals surface area contributed by atoms with Crippen LogP contribution in [-0.2, 0) is 25.5 Å². The zero-order chi connectivity index (χ0) is 18.3. The van der Waals surface area contributed by atoms with Crippen LogP contribution in [-0.4, -0.2) is 30.4 Å². The highest BCUT2D eigenvalue weighted by Gasteiger charge is 2.25. The molecule has 0 aromatic heterocycles. The zero-order valence-corrected chi connectivity index (χ0v) is 13.5. The molecule has 2 atom stereocenters. The lowest BCUT2D eigenvalue weighted by Crippen LogP contribution is -2.46. The van der Waals surface area contributed by atoms with Crippen molar-refractivity contribution in [2.45, 2.75) is 32.7 Å². The predicted octanol–water partition coefficient (Wildman–Crippen LogP) is 1.07. The minimum Gasteiger partial charge on any atom is -0.466 e. The predicted molar refractivity (Wildman–Crippen MR) is 81.6 cm³/mol.